The number of pyridine rings is 1. The number of ketones is 1. The highest BCUT2D eigenvalue weighted by atomic mass is 16.1. The molecule has 0 spiro atoms. The molecule has 0 saturated carbocycles. The highest BCUT2D eigenvalue weighted by Crippen LogP contribution is 2.51. The second-order valence-electron chi connectivity index (χ2n) is 8.72. The molecular formula is C28H21N5O. The molecule has 0 radical (unpaired) electrons. The molecule has 0 bridgehead atoms. The molecule has 2 atom stereocenters. The molecule has 6 heteroatoms. The molecule has 3 aliphatic rings. The fourth-order valence-corrected chi connectivity index (χ4v) is 5.36. The molecule has 2 unspecified atom stereocenters. The second-order valence-corrected chi connectivity index (χ2v) is 8.72. The fourth-order valence-electron chi connectivity index (χ4n) is 5.36. The van der Waals surface area contributed by atoms with Crippen molar-refractivity contribution >= 4 is 17.3 Å². The Morgan fingerprint density at radius 3 is 2.50 bits per heavy atom. The molecule has 1 aromatic heterocycles. The number of hydrogen-bond donors (Lipinski definition) is 1. The predicted molar refractivity (Wildman–Crippen MR) is 130 cm³/mol. The van der Waals surface area contributed by atoms with Gasteiger partial charge in [0, 0.05) is 35.6 Å². The molecule has 34 heavy (non-hydrogen) atoms. The number of aliphatic imine (C=N–C) groups is 1. The number of nitrogens with zero attached hydrogens (tertiary/aromatic N) is 4. The summed E-state index contributed by atoms with van der Waals surface area (Å²) in [4.78, 5) is 24.8. The zero-order chi connectivity index (χ0) is 23.2. The predicted octanol–water partition coefficient (Wildman–Crippen LogP) is 4.54. The van der Waals surface area contributed by atoms with Gasteiger partial charge in [0.2, 0.25) is 0 Å². The van der Waals surface area contributed by atoms with Crippen LogP contribution < -0.4 is 10.6 Å². The van der Waals surface area contributed by atoms with Crippen molar-refractivity contribution in [3.63, 3.8) is 0 Å². The second kappa shape index (κ2) is 7.82. The highest BCUT2D eigenvalue weighted by molar-refractivity contribution is 6.08. The zero-order valence-electron chi connectivity index (χ0n) is 18.3. The van der Waals surface area contributed by atoms with E-state index in [1.807, 2.05) is 59.5 Å². The normalized spacial score (nSPS) is 21.3. The summed E-state index contributed by atoms with van der Waals surface area (Å²) in [6, 6.07) is 24.0. The minimum atomic E-state index is -0.522. The zero-order valence-corrected chi connectivity index (χ0v) is 18.3. The lowest BCUT2D eigenvalue weighted by Gasteiger charge is -2.43. The summed E-state index contributed by atoms with van der Waals surface area (Å²) >= 11 is 0. The Hall–Kier alpha value is -4.50. The summed E-state index contributed by atoms with van der Waals surface area (Å²) < 4.78 is 0. The number of anilines is 1. The number of fused-ring (bicyclic) bond motifs is 4. The van der Waals surface area contributed by atoms with E-state index in [-0.39, 0.29) is 11.7 Å². The van der Waals surface area contributed by atoms with Gasteiger partial charge in [-0.2, -0.15) is 5.26 Å². The first-order valence-electron chi connectivity index (χ1n) is 11.3. The number of benzene rings is 2. The first kappa shape index (κ1) is 20.1. The Morgan fingerprint density at radius 2 is 1.74 bits per heavy atom. The van der Waals surface area contributed by atoms with Crippen LogP contribution in [0.4, 0.5) is 5.69 Å². The lowest BCUT2D eigenvalue weighted by molar-refractivity contribution is -0.116. The van der Waals surface area contributed by atoms with E-state index in [0.29, 0.717) is 35.6 Å². The van der Waals surface area contributed by atoms with E-state index in [1.165, 1.54) is 0 Å². The van der Waals surface area contributed by atoms with Gasteiger partial charge >= 0.3 is 0 Å². The fraction of sp³-hybridized carbons (Fsp3) is 0.143. The third-order valence-corrected chi connectivity index (χ3v) is 6.84. The summed E-state index contributed by atoms with van der Waals surface area (Å²) in [5.74, 6) is 0.433. The number of carbonyl (C=O) groups is 1. The van der Waals surface area contributed by atoms with Gasteiger partial charge in [0.15, 0.2) is 11.6 Å². The minimum Gasteiger partial charge on any atom is -0.383 e. The van der Waals surface area contributed by atoms with E-state index in [9.17, 15) is 10.1 Å². The molecule has 2 aromatic carbocycles. The third kappa shape index (κ3) is 2.98. The first-order valence-corrected chi connectivity index (χ1v) is 11.3. The van der Waals surface area contributed by atoms with Gasteiger partial charge in [-0.15, -0.1) is 0 Å². The van der Waals surface area contributed by atoms with Crippen LogP contribution in [0.5, 0.6) is 0 Å². The molecule has 0 saturated heterocycles. The third-order valence-electron chi connectivity index (χ3n) is 6.84. The number of allylic oxidation sites excluding steroid dienone is 3. The number of para-hydroxylation sites is 1. The van der Waals surface area contributed by atoms with Crippen molar-refractivity contribution in [1.29, 1.82) is 5.26 Å². The number of Topliss-reactive ketones (excluding diaryl/α,β-unsaturated/α-hetero) is 1. The average Bonchev–Trinajstić information content (AvgIpc) is 2.89. The largest absolute Gasteiger partial charge is 0.383 e. The Kier molecular flexibility index (Phi) is 4.63. The van der Waals surface area contributed by atoms with E-state index in [1.54, 1.807) is 12.4 Å². The summed E-state index contributed by atoms with van der Waals surface area (Å²) in [5.41, 5.74) is 11.9. The number of rotatable bonds is 2. The number of hydrogen-bond acceptors (Lipinski definition) is 6. The summed E-state index contributed by atoms with van der Waals surface area (Å²) in [7, 11) is 0. The molecule has 2 aliphatic heterocycles. The number of carbonyl (C=O) groups excluding carboxylic acids is 1. The maximum Gasteiger partial charge on any atom is 0.162 e. The van der Waals surface area contributed by atoms with E-state index in [2.05, 4.69) is 23.2 Å². The minimum absolute atomic E-state index is 0.0438. The molecule has 164 valence electrons. The highest BCUT2D eigenvalue weighted by Gasteiger charge is 2.45. The molecule has 0 fully saturated rings. The molecule has 6 rings (SSSR count). The van der Waals surface area contributed by atoms with Crippen LogP contribution in [0.3, 0.4) is 0 Å². The van der Waals surface area contributed by atoms with Crippen LogP contribution >= 0.6 is 0 Å². The van der Waals surface area contributed by atoms with Crippen molar-refractivity contribution in [3.05, 3.63) is 118 Å². The van der Waals surface area contributed by atoms with Crippen LogP contribution in [0.25, 0.3) is 0 Å². The van der Waals surface area contributed by atoms with Crippen molar-refractivity contribution in [3.8, 4) is 6.07 Å². The van der Waals surface area contributed by atoms with Gasteiger partial charge in [-0.3, -0.25) is 14.7 Å². The quantitative estimate of drug-likeness (QED) is 0.627. The Morgan fingerprint density at radius 1 is 0.971 bits per heavy atom. The molecule has 6 nitrogen and oxygen atoms in total. The van der Waals surface area contributed by atoms with Gasteiger partial charge < -0.3 is 5.73 Å². The van der Waals surface area contributed by atoms with Crippen LogP contribution in [0.2, 0.25) is 0 Å². The van der Waals surface area contributed by atoms with Crippen molar-refractivity contribution < 1.29 is 4.79 Å². The molecule has 2 N–H and O–H groups in total. The molecular weight excluding hydrogens is 422 g/mol. The first-order chi connectivity index (χ1) is 16.7. The number of nitriles is 1. The standard InChI is InChI=1S/C28H21N5O/c29-15-21-25(18-9-6-12-31-16-18)26-23(13-19(14-24(26)34)17-7-2-1-3-8-17)33-22-11-5-4-10-20(22)27(30)32-28(21)33/h1-12,16,19,25H,13-14H2,(H2,30,32). The molecule has 1 aliphatic carbocycles. The Bertz CT molecular complexity index is 1450. The maximum absolute atomic E-state index is 13.8. The van der Waals surface area contributed by atoms with Gasteiger partial charge in [-0.25, -0.2) is 4.99 Å². The van der Waals surface area contributed by atoms with Gasteiger partial charge in [0.25, 0.3) is 0 Å². The number of aromatic nitrogens is 1. The number of amidine groups is 1. The van der Waals surface area contributed by atoms with E-state index >= 15 is 0 Å². The van der Waals surface area contributed by atoms with E-state index in [4.69, 9.17) is 10.7 Å². The molecule has 0 amide bonds. The van der Waals surface area contributed by atoms with E-state index in [0.717, 1.165) is 28.1 Å². The lowest BCUT2D eigenvalue weighted by atomic mass is 9.72. The number of nitrogens with two attached hydrogens (primary N) is 1. The van der Waals surface area contributed by atoms with Gasteiger partial charge in [0.1, 0.15) is 5.84 Å². The van der Waals surface area contributed by atoms with Crippen LogP contribution in [0.1, 0.15) is 41.4 Å². The van der Waals surface area contributed by atoms with Crippen LogP contribution in [0, 0.1) is 11.3 Å². The van der Waals surface area contributed by atoms with Crippen molar-refractivity contribution in [1.82, 2.24) is 4.98 Å². The van der Waals surface area contributed by atoms with Crippen molar-refractivity contribution in [2.45, 2.75) is 24.7 Å². The Labute approximate surface area is 197 Å². The summed E-state index contributed by atoms with van der Waals surface area (Å²) in [6.07, 6.45) is 4.47. The van der Waals surface area contributed by atoms with Crippen molar-refractivity contribution in [2.24, 2.45) is 10.7 Å². The van der Waals surface area contributed by atoms with E-state index < -0.39 is 5.92 Å². The summed E-state index contributed by atoms with van der Waals surface area (Å²) in [6.45, 7) is 0. The smallest absolute Gasteiger partial charge is 0.162 e. The monoisotopic (exact) mass is 443 g/mol. The van der Waals surface area contributed by atoms with Crippen molar-refractivity contribution in [2.75, 3.05) is 4.90 Å². The SMILES string of the molecule is N#CC1=C2N=C(N)c3ccccc3N2C2=C(C(=O)CC(c3ccccc3)C2)C1c1cccnc1. The molecule has 3 heterocycles. The topological polar surface area (TPSA) is 95.4 Å². The maximum atomic E-state index is 13.8. The van der Waals surface area contributed by atoms with Gasteiger partial charge in [-0.05, 0) is 41.7 Å². The van der Waals surface area contributed by atoms with Crippen LogP contribution in [-0.4, -0.2) is 16.6 Å². The average molecular weight is 444 g/mol. The lowest BCUT2D eigenvalue weighted by Crippen LogP contribution is -2.40. The van der Waals surface area contributed by atoms with Gasteiger partial charge in [-0.1, -0.05) is 48.5 Å². The molecule has 3 aromatic rings. The van der Waals surface area contributed by atoms with Gasteiger partial charge in [0.05, 0.1) is 23.2 Å². The summed E-state index contributed by atoms with van der Waals surface area (Å²) in [5, 5.41) is 10.3. The Balaban J connectivity index is 1.62. The van der Waals surface area contributed by atoms with Crippen LogP contribution in [0.15, 0.2) is 107 Å². The van der Waals surface area contributed by atoms with Crippen LogP contribution in [-0.2, 0) is 4.79 Å².